The van der Waals surface area contributed by atoms with Crippen molar-refractivity contribution in [3.8, 4) is 0 Å². The Labute approximate surface area is 52.6 Å². The molecule has 2 nitrogen and oxygen atoms in total. The van der Waals surface area contributed by atoms with Crippen LogP contribution >= 0.6 is 11.3 Å². The molecule has 44 valence electrons. The summed E-state index contributed by atoms with van der Waals surface area (Å²) in [7, 11) is 1.79. The maximum absolute atomic E-state index is 4.03. The lowest BCUT2D eigenvalue weighted by Crippen LogP contribution is -1.76. The molecule has 0 aliphatic carbocycles. The van der Waals surface area contributed by atoms with Crippen LogP contribution in [0.4, 0.5) is 0 Å². The number of aromatic nitrogens is 1. The van der Waals surface area contributed by atoms with Crippen LogP contribution in [-0.2, 0) is 6.54 Å². The van der Waals surface area contributed by atoms with Gasteiger partial charge in [-0.15, -0.1) is 11.3 Å². The van der Waals surface area contributed by atoms with E-state index >= 15 is 0 Å². The van der Waals surface area contributed by atoms with E-state index in [4.69, 9.17) is 0 Å². The first-order valence-corrected chi connectivity index (χ1v) is 3.25. The Hall–Kier alpha value is -0.410. The topological polar surface area (TPSA) is 27.0 Å². The average Bonchev–Trinajstić information content (AvgIpc) is 2.19. The second-order valence-electron chi connectivity index (χ2n) is 1.40. The van der Waals surface area contributed by atoms with Gasteiger partial charge >= 0.3 is 0 Å². The molecule has 0 aromatic carbocycles. The highest BCUT2D eigenvalue weighted by molar-refractivity contribution is 7.09. The molecule has 0 amide bonds. The van der Waals surface area contributed by atoms with E-state index in [0.29, 0.717) is 0 Å². The van der Waals surface area contributed by atoms with Gasteiger partial charge in [0.2, 0.25) is 0 Å². The Morgan fingerprint density at radius 1 is 1.88 bits per heavy atom. The fourth-order valence-electron chi connectivity index (χ4n) is 0.466. The highest BCUT2D eigenvalue weighted by Crippen LogP contribution is 2.05. The Balaban J connectivity index is 2.50. The summed E-state index contributed by atoms with van der Waals surface area (Å²) in [4.78, 5) is 4.03. The average molecular weight is 127 g/mol. The minimum atomic E-state index is 0.762. The first-order valence-electron chi connectivity index (χ1n) is 2.37. The highest BCUT2D eigenvalue weighted by Gasteiger charge is 1.81. The van der Waals surface area contributed by atoms with Gasteiger partial charge in [0.1, 0.15) is 0 Å². The van der Waals surface area contributed by atoms with E-state index in [0.717, 1.165) is 11.6 Å². The third-order valence-electron chi connectivity index (χ3n) is 0.777. The van der Waals surface area contributed by atoms with Crippen molar-refractivity contribution in [1.82, 2.24) is 4.98 Å². The summed E-state index contributed by atoms with van der Waals surface area (Å²) in [5.41, 5.74) is 0. The molecule has 1 heterocycles. The minimum Gasteiger partial charge on any atom is -0.659 e. The van der Waals surface area contributed by atoms with E-state index < -0.39 is 0 Å². The first-order chi connectivity index (χ1) is 3.93. The summed E-state index contributed by atoms with van der Waals surface area (Å²) in [6.07, 6.45) is 1.80. The fourth-order valence-corrected chi connectivity index (χ4v) is 1.07. The zero-order valence-electron chi connectivity index (χ0n) is 4.66. The lowest BCUT2D eigenvalue weighted by Gasteiger charge is -2.04. The summed E-state index contributed by atoms with van der Waals surface area (Å²) in [6, 6.07) is 0. The molecule has 0 aliphatic rings. The van der Waals surface area contributed by atoms with Gasteiger partial charge in [-0.05, 0) is 0 Å². The van der Waals surface area contributed by atoms with E-state index in [1.165, 1.54) is 0 Å². The van der Waals surface area contributed by atoms with E-state index in [-0.39, 0.29) is 0 Å². The molecular formula is C5H7N2S-. The third kappa shape index (κ3) is 1.28. The molecule has 0 saturated heterocycles. The van der Waals surface area contributed by atoms with E-state index in [1.54, 1.807) is 24.6 Å². The molecule has 0 N–H and O–H groups in total. The normalized spacial score (nSPS) is 9.62. The number of rotatable bonds is 2. The predicted molar refractivity (Wildman–Crippen MR) is 35.1 cm³/mol. The SMILES string of the molecule is C[N-]Cc1nccs1. The summed E-state index contributed by atoms with van der Waals surface area (Å²) in [6.45, 7) is 0.762. The van der Waals surface area contributed by atoms with E-state index in [1.807, 2.05) is 5.38 Å². The van der Waals surface area contributed by atoms with Crippen LogP contribution in [0.5, 0.6) is 0 Å². The quantitative estimate of drug-likeness (QED) is 0.593. The zero-order chi connectivity index (χ0) is 5.82. The van der Waals surface area contributed by atoms with Crippen molar-refractivity contribution in [1.29, 1.82) is 0 Å². The maximum Gasteiger partial charge on any atom is 0.0720 e. The summed E-state index contributed by atoms with van der Waals surface area (Å²) in [5, 5.41) is 6.98. The van der Waals surface area contributed by atoms with Crippen molar-refractivity contribution < 1.29 is 0 Å². The highest BCUT2D eigenvalue weighted by atomic mass is 32.1. The van der Waals surface area contributed by atoms with Crippen LogP contribution in [-0.4, -0.2) is 12.0 Å². The predicted octanol–water partition coefficient (Wildman–Crippen LogP) is 1.65. The van der Waals surface area contributed by atoms with Gasteiger partial charge in [0.15, 0.2) is 0 Å². The standard InChI is InChI=1S/C5H7N2S/c1-6-4-5-7-2-3-8-5/h2-3H,4H2,1H3/q-1. The molecule has 0 spiro atoms. The van der Waals surface area contributed by atoms with Crippen LogP contribution in [0, 0.1) is 0 Å². The van der Waals surface area contributed by atoms with Crippen LogP contribution in [0.25, 0.3) is 5.32 Å². The molecule has 0 bridgehead atoms. The van der Waals surface area contributed by atoms with Crippen molar-refractivity contribution in [3.63, 3.8) is 0 Å². The molecule has 0 unspecified atom stereocenters. The largest absolute Gasteiger partial charge is 0.659 e. The number of hydrogen-bond donors (Lipinski definition) is 0. The van der Waals surface area contributed by atoms with Gasteiger partial charge in [-0.3, -0.25) is 4.98 Å². The molecule has 1 aromatic rings. The van der Waals surface area contributed by atoms with Crippen LogP contribution in [0.1, 0.15) is 5.01 Å². The van der Waals surface area contributed by atoms with E-state index in [2.05, 4.69) is 10.3 Å². The Kier molecular flexibility index (Phi) is 2.00. The van der Waals surface area contributed by atoms with Crippen LogP contribution < -0.4 is 0 Å². The monoisotopic (exact) mass is 127 g/mol. The zero-order valence-corrected chi connectivity index (χ0v) is 5.48. The van der Waals surface area contributed by atoms with Crippen molar-refractivity contribution in [2.45, 2.75) is 6.54 Å². The third-order valence-corrected chi connectivity index (χ3v) is 1.54. The molecular weight excluding hydrogens is 120 g/mol. The second kappa shape index (κ2) is 2.79. The van der Waals surface area contributed by atoms with Gasteiger partial charge in [-0.2, -0.15) is 7.05 Å². The van der Waals surface area contributed by atoms with Crippen molar-refractivity contribution >= 4 is 11.3 Å². The first kappa shape index (κ1) is 5.72. The van der Waals surface area contributed by atoms with Crippen LogP contribution in [0.15, 0.2) is 11.6 Å². The molecule has 1 aromatic heterocycles. The van der Waals surface area contributed by atoms with Crippen molar-refractivity contribution in [2.24, 2.45) is 0 Å². The Morgan fingerprint density at radius 2 is 2.75 bits per heavy atom. The molecule has 8 heavy (non-hydrogen) atoms. The smallest absolute Gasteiger partial charge is 0.0720 e. The molecule has 0 radical (unpaired) electrons. The van der Waals surface area contributed by atoms with Gasteiger partial charge in [0.05, 0.1) is 5.01 Å². The molecule has 0 aliphatic heterocycles. The van der Waals surface area contributed by atoms with Gasteiger partial charge in [0, 0.05) is 11.6 Å². The number of thiazole rings is 1. The van der Waals surface area contributed by atoms with Crippen molar-refractivity contribution in [2.75, 3.05) is 7.05 Å². The summed E-state index contributed by atoms with van der Waals surface area (Å²) < 4.78 is 0. The Morgan fingerprint density at radius 3 is 3.25 bits per heavy atom. The Bertz CT molecular complexity index is 136. The fraction of sp³-hybridized carbons (Fsp3) is 0.400. The van der Waals surface area contributed by atoms with Gasteiger partial charge < -0.3 is 5.32 Å². The van der Waals surface area contributed by atoms with Gasteiger partial charge in [-0.1, -0.05) is 6.54 Å². The molecule has 3 heteroatoms. The molecule has 0 atom stereocenters. The minimum absolute atomic E-state index is 0.762. The summed E-state index contributed by atoms with van der Waals surface area (Å²) in [5.74, 6) is 0. The van der Waals surface area contributed by atoms with E-state index in [9.17, 15) is 0 Å². The summed E-state index contributed by atoms with van der Waals surface area (Å²) >= 11 is 1.64. The van der Waals surface area contributed by atoms with Gasteiger partial charge in [-0.25, -0.2) is 0 Å². The van der Waals surface area contributed by atoms with Crippen LogP contribution in [0.3, 0.4) is 0 Å². The molecule has 1 rings (SSSR count). The molecule has 0 saturated carbocycles. The van der Waals surface area contributed by atoms with Crippen molar-refractivity contribution in [3.05, 3.63) is 21.9 Å². The second-order valence-corrected chi connectivity index (χ2v) is 2.38. The lowest BCUT2D eigenvalue weighted by molar-refractivity contribution is 1.13. The lowest BCUT2D eigenvalue weighted by atomic mass is 10.7. The van der Waals surface area contributed by atoms with Gasteiger partial charge in [0.25, 0.3) is 0 Å². The van der Waals surface area contributed by atoms with Crippen LogP contribution in [0.2, 0.25) is 0 Å². The molecule has 0 fully saturated rings. The number of nitrogens with zero attached hydrogens (tertiary/aromatic N) is 2. The number of hydrogen-bond acceptors (Lipinski definition) is 2. The maximum atomic E-state index is 4.03.